The minimum absolute atomic E-state index is 0.286. The molecule has 2 amide bonds. The Bertz CT molecular complexity index is 834. The number of nitrogens with zero attached hydrogens (tertiary/aromatic N) is 4. The summed E-state index contributed by atoms with van der Waals surface area (Å²) in [6.07, 6.45) is 6.84. The van der Waals surface area contributed by atoms with Crippen LogP contribution in [0, 0.1) is 0 Å². The largest absolute Gasteiger partial charge is 0.497 e. The fourth-order valence-electron chi connectivity index (χ4n) is 2.28. The fraction of sp³-hybridized carbons (Fsp3) is 0.176. The predicted octanol–water partition coefficient (Wildman–Crippen LogP) is 2.17. The maximum atomic E-state index is 12.0. The Morgan fingerprint density at radius 1 is 1.16 bits per heavy atom. The van der Waals surface area contributed by atoms with Crippen LogP contribution in [-0.2, 0) is 6.54 Å². The highest BCUT2D eigenvalue weighted by molar-refractivity contribution is 5.89. The number of benzene rings is 1. The summed E-state index contributed by atoms with van der Waals surface area (Å²) in [4.78, 5) is 24.6. The minimum Gasteiger partial charge on any atom is -0.497 e. The van der Waals surface area contributed by atoms with Crippen molar-refractivity contribution in [2.24, 2.45) is 0 Å². The van der Waals surface area contributed by atoms with E-state index in [1.807, 2.05) is 22.9 Å². The Morgan fingerprint density at radius 2 is 2.00 bits per heavy atom. The number of aromatic nitrogens is 4. The lowest BCUT2D eigenvalue weighted by atomic mass is 10.3. The van der Waals surface area contributed by atoms with Gasteiger partial charge in [-0.25, -0.2) is 19.7 Å². The van der Waals surface area contributed by atoms with Crippen molar-refractivity contribution in [3.8, 4) is 17.4 Å². The molecule has 0 radical (unpaired) electrons. The maximum Gasteiger partial charge on any atom is 0.319 e. The first-order valence-corrected chi connectivity index (χ1v) is 7.73. The van der Waals surface area contributed by atoms with Crippen molar-refractivity contribution in [3.05, 3.63) is 55.1 Å². The number of rotatable bonds is 6. The smallest absolute Gasteiger partial charge is 0.319 e. The van der Waals surface area contributed by atoms with Gasteiger partial charge in [0.2, 0.25) is 0 Å². The van der Waals surface area contributed by atoms with Gasteiger partial charge in [-0.15, -0.1) is 0 Å². The highest BCUT2D eigenvalue weighted by Gasteiger charge is 2.08. The van der Waals surface area contributed by atoms with Gasteiger partial charge in [-0.1, -0.05) is 6.07 Å². The Kier molecular flexibility index (Phi) is 5.20. The third-order valence-electron chi connectivity index (χ3n) is 3.45. The van der Waals surface area contributed by atoms with Crippen molar-refractivity contribution < 1.29 is 9.53 Å². The van der Waals surface area contributed by atoms with Crippen LogP contribution in [0.25, 0.3) is 11.6 Å². The zero-order chi connectivity index (χ0) is 17.5. The molecule has 128 valence electrons. The van der Waals surface area contributed by atoms with Crippen molar-refractivity contribution in [1.29, 1.82) is 0 Å². The molecule has 0 aliphatic rings. The number of methoxy groups -OCH3 is 1. The summed E-state index contributed by atoms with van der Waals surface area (Å²) >= 11 is 0. The van der Waals surface area contributed by atoms with Crippen molar-refractivity contribution in [2.45, 2.75) is 6.54 Å². The van der Waals surface area contributed by atoms with Gasteiger partial charge in [0.1, 0.15) is 5.75 Å². The highest BCUT2D eigenvalue weighted by Crippen LogP contribution is 2.16. The average molecular weight is 338 g/mol. The first-order chi connectivity index (χ1) is 12.3. The van der Waals surface area contributed by atoms with Gasteiger partial charge in [-0.2, -0.15) is 0 Å². The Morgan fingerprint density at radius 3 is 2.80 bits per heavy atom. The van der Waals surface area contributed by atoms with E-state index in [1.165, 1.54) is 0 Å². The molecule has 0 unspecified atom stereocenters. The van der Waals surface area contributed by atoms with E-state index in [2.05, 4.69) is 25.6 Å². The Balaban J connectivity index is 1.53. The number of amides is 2. The third kappa shape index (κ3) is 4.31. The number of hydrogen-bond donors (Lipinski definition) is 2. The van der Waals surface area contributed by atoms with Gasteiger partial charge >= 0.3 is 6.03 Å². The molecule has 8 heteroatoms. The summed E-state index contributed by atoms with van der Waals surface area (Å²) in [6, 6.07) is 8.64. The Labute approximate surface area is 144 Å². The molecule has 0 saturated carbocycles. The molecular formula is C17H18N6O2. The monoisotopic (exact) mass is 338 g/mol. The number of urea groups is 1. The van der Waals surface area contributed by atoms with Gasteiger partial charge in [-0.05, 0) is 18.2 Å². The van der Waals surface area contributed by atoms with Gasteiger partial charge in [-0.3, -0.25) is 0 Å². The lowest BCUT2D eigenvalue weighted by molar-refractivity contribution is 0.251. The zero-order valence-electron chi connectivity index (χ0n) is 13.7. The van der Waals surface area contributed by atoms with E-state index in [9.17, 15) is 4.79 Å². The number of hydrogen-bond acceptors (Lipinski definition) is 5. The first-order valence-electron chi connectivity index (χ1n) is 7.73. The topological polar surface area (TPSA) is 94.0 Å². The van der Waals surface area contributed by atoms with Crippen LogP contribution in [0.1, 0.15) is 0 Å². The zero-order valence-corrected chi connectivity index (χ0v) is 13.7. The summed E-state index contributed by atoms with van der Waals surface area (Å²) in [5.41, 5.74) is 0.665. The lowest BCUT2D eigenvalue weighted by Crippen LogP contribution is -2.31. The van der Waals surface area contributed by atoms with Crippen LogP contribution in [0.5, 0.6) is 5.75 Å². The summed E-state index contributed by atoms with van der Waals surface area (Å²) in [5, 5.41) is 5.57. The van der Waals surface area contributed by atoms with Crippen LogP contribution in [0.15, 0.2) is 55.1 Å². The molecule has 0 spiro atoms. The van der Waals surface area contributed by atoms with E-state index in [4.69, 9.17) is 4.74 Å². The number of nitrogens with one attached hydrogen (secondary N) is 2. The van der Waals surface area contributed by atoms with Crippen LogP contribution in [-0.4, -0.2) is 39.2 Å². The molecule has 0 saturated heterocycles. The van der Waals surface area contributed by atoms with E-state index in [1.54, 1.807) is 43.9 Å². The summed E-state index contributed by atoms with van der Waals surface area (Å²) in [5.74, 6) is 1.90. The predicted molar refractivity (Wildman–Crippen MR) is 93.3 cm³/mol. The van der Waals surface area contributed by atoms with Crippen molar-refractivity contribution >= 4 is 11.7 Å². The van der Waals surface area contributed by atoms with E-state index in [0.29, 0.717) is 36.2 Å². The van der Waals surface area contributed by atoms with Crippen molar-refractivity contribution in [1.82, 2.24) is 24.8 Å². The van der Waals surface area contributed by atoms with E-state index in [0.717, 1.165) is 0 Å². The fourth-order valence-corrected chi connectivity index (χ4v) is 2.28. The van der Waals surface area contributed by atoms with Gasteiger partial charge in [0.25, 0.3) is 0 Å². The molecule has 2 N–H and O–H groups in total. The lowest BCUT2D eigenvalue weighted by Gasteiger charge is -2.10. The standard InChI is InChI=1S/C17H18N6O2/c1-25-14-5-2-4-13(12-14)22-17(24)21-9-11-23-10-8-20-16(23)15-18-6-3-7-19-15/h2-8,10,12H,9,11H2,1H3,(H2,21,22,24). The number of carbonyl (C=O) groups excluding carboxylic acids is 1. The minimum atomic E-state index is -0.286. The summed E-state index contributed by atoms with van der Waals surface area (Å²) in [7, 11) is 1.58. The highest BCUT2D eigenvalue weighted by atomic mass is 16.5. The molecule has 25 heavy (non-hydrogen) atoms. The number of imidazole rings is 1. The molecule has 2 heterocycles. The molecule has 8 nitrogen and oxygen atoms in total. The summed E-state index contributed by atoms with van der Waals surface area (Å²) < 4.78 is 7.02. The third-order valence-corrected chi connectivity index (χ3v) is 3.45. The van der Waals surface area contributed by atoms with Crippen LogP contribution in [0.4, 0.5) is 10.5 Å². The second-order valence-corrected chi connectivity index (χ2v) is 5.13. The number of ether oxygens (including phenoxy) is 1. The molecular weight excluding hydrogens is 320 g/mol. The van der Waals surface area contributed by atoms with Crippen LogP contribution in [0.3, 0.4) is 0 Å². The van der Waals surface area contributed by atoms with Crippen LogP contribution >= 0.6 is 0 Å². The van der Waals surface area contributed by atoms with Gasteiger partial charge < -0.3 is 19.9 Å². The average Bonchev–Trinajstić information content (AvgIpc) is 3.11. The molecule has 0 bridgehead atoms. The molecule has 0 aliphatic carbocycles. The first kappa shape index (κ1) is 16.4. The quantitative estimate of drug-likeness (QED) is 0.718. The van der Waals surface area contributed by atoms with Gasteiger partial charge in [0.15, 0.2) is 11.6 Å². The molecule has 0 fully saturated rings. The summed E-state index contributed by atoms with van der Waals surface area (Å²) in [6.45, 7) is 0.991. The van der Waals surface area contributed by atoms with E-state index >= 15 is 0 Å². The molecule has 3 rings (SSSR count). The van der Waals surface area contributed by atoms with Crippen LogP contribution < -0.4 is 15.4 Å². The Hall–Kier alpha value is -3.42. The molecule has 0 aliphatic heterocycles. The number of carbonyl (C=O) groups is 1. The SMILES string of the molecule is COc1cccc(NC(=O)NCCn2ccnc2-c2ncccn2)c1. The number of anilines is 1. The second kappa shape index (κ2) is 7.91. The van der Waals surface area contributed by atoms with E-state index < -0.39 is 0 Å². The van der Waals surface area contributed by atoms with Crippen LogP contribution in [0.2, 0.25) is 0 Å². The maximum absolute atomic E-state index is 12.0. The molecule has 2 aromatic heterocycles. The molecule has 1 aromatic carbocycles. The van der Waals surface area contributed by atoms with E-state index in [-0.39, 0.29) is 6.03 Å². The normalized spacial score (nSPS) is 10.3. The molecule has 3 aromatic rings. The van der Waals surface area contributed by atoms with Gasteiger partial charge in [0.05, 0.1) is 7.11 Å². The van der Waals surface area contributed by atoms with Crippen molar-refractivity contribution in [2.75, 3.05) is 19.0 Å². The van der Waals surface area contributed by atoms with Gasteiger partial charge in [0, 0.05) is 49.6 Å². The van der Waals surface area contributed by atoms with Crippen molar-refractivity contribution in [3.63, 3.8) is 0 Å². The second-order valence-electron chi connectivity index (χ2n) is 5.13. The molecule has 0 atom stereocenters.